The SMILES string of the molecule is CC(NC(=S)Nc1ccc(NC(=O)c2ccccc2F)c(Cl)c1)c1ccc(F)cc1. The minimum atomic E-state index is -0.615. The van der Waals surface area contributed by atoms with Crippen LogP contribution in [0.15, 0.2) is 66.7 Å². The lowest BCUT2D eigenvalue weighted by atomic mass is 10.1. The third-order valence-corrected chi connectivity index (χ3v) is 4.84. The van der Waals surface area contributed by atoms with Gasteiger partial charge in [0.15, 0.2) is 5.11 Å². The zero-order chi connectivity index (χ0) is 21.7. The summed E-state index contributed by atoms with van der Waals surface area (Å²) < 4.78 is 26.8. The van der Waals surface area contributed by atoms with Crippen molar-refractivity contribution in [2.24, 2.45) is 0 Å². The van der Waals surface area contributed by atoms with E-state index in [1.165, 1.54) is 30.3 Å². The number of nitrogens with one attached hydrogen (secondary N) is 3. The summed E-state index contributed by atoms with van der Waals surface area (Å²) in [7, 11) is 0. The Morgan fingerprint density at radius 2 is 1.70 bits per heavy atom. The first-order valence-corrected chi connectivity index (χ1v) is 9.80. The second kappa shape index (κ2) is 9.65. The summed E-state index contributed by atoms with van der Waals surface area (Å²) in [4.78, 5) is 12.2. The van der Waals surface area contributed by atoms with Gasteiger partial charge in [-0.15, -0.1) is 0 Å². The quantitative estimate of drug-likeness (QED) is 0.427. The fourth-order valence-electron chi connectivity index (χ4n) is 2.73. The summed E-state index contributed by atoms with van der Waals surface area (Å²) in [6.07, 6.45) is 0. The first-order valence-electron chi connectivity index (χ1n) is 9.02. The van der Waals surface area contributed by atoms with Crippen LogP contribution < -0.4 is 16.0 Å². The summed E-state index contributed by atoms with van der Waals surface area (Å²) in [5, 5.41) is 9.31. The van der Waals surface area contributed by atoms with Crippen LogP contribution in [0.25, 0.3) is 0 Å². The number of carbonyl (C=O) groups is 1. The molecule has 0 heterocycles. The molecule has 0 fully saturated rings. The molecule has 0 bridgehead atoms. The van der Waals surface area contributed by atoms with E-state index in [2.05, 4.69) is 16.0 Å². The van der Waals surface area contributed by atoms with Crippen molar-refractivity contribution in [2.45, 2.75) is 13.0 Å². The molecule has 0 spiro atoms. The molecule has 1 unspecified atom stereocenters. The molecule has 30 heavy (non-hydrogen) atoms. The molecule has 0 aromatic heterocycles. The molecule has 1 atom stereocenters. The van der Waals surface area contributed by atoms with Gasteiger partial charge in [-0.05, 0) is 67.2 Å². The molecule has 0 aliphatic carbocycles. The molecular formula is C22H18ClF2N3OS. The van der Waals surface area contributed by atoms with E-state index >= 15 is 0 Å². The fourth-order valence-corrected chi connectivity index (χ4v) is 3.25. The number of benzene rings is 3. The number of thiocarbonyl (C=S) groups is 1. The van der Waals surface area contributed by atoms with E-state index in [1.807, 2.05) is 6.92 Å². The number of rotatable bonds is 5. The van der Waals surface area contributed by atoms with Gasteiger partial charge in [-0.1, -0.05) is 35.9 Å². The third-order valence-electron chi connectivity index (χ3n) is 4.31. The molecule has 0 saturated heterocycles. The van der Waals surface area contributed by atoms with Crippen LogP contribution in [-0.2, 0) is 0 Å². The molecule has 4 nitrogen and oxygen atoms in total. The molecule has 3 N–H and O–H groups in total. The van der Waals surface area contributed by atoms with Gasteiger partial charge in [0.25, 0.3) is 5.91 Å². The Balaban J connectivity index is 1.62. The highest BCUT2D eigenvalue weighted by Gasteiger charge is 2.13. The van der Waals surface area contributed by atoms with Crippen molar-refractivity contribution in [1.82, 2.24) is 5.32 Å². The van der Waals surface area contributed by atoms with Crippen molar-refractivity contribution in [3.05, 3.63) is 94.5 Å². The zero-order valence-electron chi connectivity index (χ0n) is 15.9. The predicted molar refractivity (Wildman–Crippen MR) is 120 cm³/mol. The minimum Gasteiger partial charge on any atom is -0.356 e. The van der Waals surface area contributed by atoms with Gasteiger partial charge in [-0.25, -0.2) is 8.78 Å². The van der Waals surface area contributed by atoms with E-state index in [4.69, 9.17) is 23.8 Å². The molecule has 0 radical (unpaired) electrons. The third kappa shape index (κ3) is 5.52. The Morgan fingerprint density at radius 3 is 2.37 bits per heavy atom. The normalized spacial score (nSPS) is 11.5. The smallest absolute Gasteiger partial charge is 0.258 e. The molecule has 1 amide bonds. The lowest BCUT2D eigenvalue weighted by Gasteiger charge is -2.18. The summed E-state index contributed by atoms with van der Waals surface area (Å²) in [6.45, 7) is 1.90. The maximum absolute atomic E-state index is 13.8. The van der Waals surface area contributed by atoms with Gasteiger partial charge in [0.2, 0.25) is 0 Å². The van der Waals surface area contributed by atoms with Crippen molar-refractivity contribution in [1.29, 1.82) is 0 Å². The topological polar surface area (TPSA) is 53.2 Å². The van der Waals surface area contributed by atoms with E-state index in [9.17, 15) is 13.6 Å². The molecule has 154 valence electrons. The second-order valence-corrected chi connectivity index (χ2v) is 7.32. The summed E-state index contributed by atoms with van der Waals surface area (Å²) >= 11 is 11.6. The average molecular weight is 446 g/mol. The summed E-state index contributed by atoms with van der Waals surface area (Å²) in [5.41, 5.74) is 1.75. The lowest BCUT2D eigenvalue weighted by molar-refractivity contribution is 0.102. The van der Waals surface area contributed by atoms with Crippen LogP contribution in [0.3, 0.4) is 0 Å². The second-order valence-electron chi connectivity index (χ2n) is 6.50. The first-order chi connectivity index (χ1) is 14.3. The van der Waals surface area contributed by atoms with Crippen LogP contribution in [0.1, 0.15) is 28.9 Å². The molecule has 3 aromatic rings. The van der Waals surface area contributed by atoms with E-state index in [0.29, 0.717) is 16.5 Å². The molecule has 3 aromatic carbocycles. The van der Waals surface area contributed by atoms with Gasteiger partial charge in [-0.2, -0.15) is 0 Å². The van der Waals surface area contributed by atoms with Gasteiger partial charge in [0, 0.05) is 5.69 Å². The molecule has 0 saturated carbocycles. The molecule has 0 aliphatic heterocycles. The molecule has 3 rings (SSSR count). The van der Waals surface area contributed by atoms with E-state index < -0.39 is 11.7 Å². The van der Waals surface area contributed by atoms with Crippen molar-refractivity contribution in [3.8, 4) is 0 Å². The Morgan fingerprint density at radius 1 is 1.00 bits per heavy atom. The Bertz CT molecular complexity index is 1080. The van der Waals surface area contributed by atoms with Crippen LogP contribution in [-0.4, -0.2) is 11.0 Å². The highest BCUT2D eigenvalue weighted by Crippen LogP contribution is 2.26. The van der Waals surface area contributed by atoms with Gasteiger partial charge in [0.05, 0.1) is 22.3 Å². The number of carbonyl (C=O) groups excluding carboxylic acids is 1. The molecule has 0 aliphatic rings. The van der Waals surface area contributed by atoms with Crippen LogP contribution in [0.2, 0.25) is 5.02 Å². The molecule has 8 heteroatoms. The van der Waals surface area contributed by atoms with Crippen molar-refractivity contribution in [3.63, 3.8) is 0 Å². The number of hydrogen-bond acceptors (Lipinski definition) is 2. The number of amides is 1. The zero-order valence-corrected chi connectivity index (χ0v) is 17.5. The van der Waals surface area contributed by atoms with Crippen molar-refractivity contribution >= 4 is 46.2 Å². The van der Waals surface area contributed by atoms with Gasteiger partial charge in [0.1, 0.15) is 11.6 Å². The van der Waals surface area contributed by atoms with E-state index in [-0.39, 0.29) is 22.4 Å². The summed E-state index contributed by atoms with van der Waals surface area (Å²) in [5.74, 6) is -1.51. The van der Waals surface area contributed by atoms with Gasteiger partial charge in [-0.3, -0.25) is 4.79 Å². The predicted octanol–water partition coefficient (Wildman–Crippen LogP) is 5.92. The first kappa shape index (κ1) is 21.7. The van der Waals surface area contributed by atoms with Crippen LogP contribution in [0.4, 0.5) is 20.2 Å². The number of halogens is 3. The maximum atomic E-state index is 13.8. The lowest BCUT2D eigenvalue weighted by Crippen LogP contribution is -2.30. The van der Waals surface area contributed by atoms with Crippen molar-refractivity contribution in [2.75, 3.05) is 10.6 Å². The minimum absolute atomic E-state index is 0.0732. The highest BCUT2D eigenvalue weighted by atomic mass is 35.5. The number of anilines is 2. The Kier molecular flexibility index (Phi) is 6.97. The Hall–Kier alpha value is -3.03. The van der Waals surface area contributed by atoms with Gasteiger partial charge >= 0.3 is 0 Å². The molecular weight excluding hydrogens is 428 g/mol. The fraction of sp³-hybridized carbons (Fsp3) is 0.0909. The maximum Gasteiger partial charge on any atom is 0.258 e. The Labute approximate surface area is 183 Å². The summed E-state index contributed by atoms with van der Waals surface area (Å²) in [6, 6.07) is 16.5. The van der Waals surface area contributed by atoms with Crippen LogP contribution in [0, 0.1) is 11.6 Å². The largest absolute Gasteiger partial charge is 0.356 e. The van der Waals surface area contributed by atoms with Gasteiger partial charge < -0.3 is 16.0 Å². The van der Waals surface area contributed by atoms with E-state index in [1.54, 1.807) is 36.4 Å². The monoisotopic (exact) mass is 445 g/mol. The van der Waals surface area contributed by atoms with E-state index in [0.717, 1.165) is 5.56 Å². The van der Waals surface area contributed by atoms with Crippen LogP contribution >= 0.6 is 23.8 Å². The number of hydrogen-bond donors (Lipinski definition) is 3. The standard InChI is InChI=1S/C22H18ClF2N3OS/c1-13(14-6-8-15(24)9-7-14)26-22(30)27-16-10-11-20(18(23)12-16)28-21(29)17-4-2-3-5-19(17)25/h2-13H,1H3,(H,28,29)(H2,26,27,30). The average Bonchev–Trinajstić information content (AvgIpc) is 2.70. The van der Waals surface area contributed by atoms with Crippen LogP contribution in [0.5, 0.6) is 0 Å². The highest BCUT2D eigenvalue weighted by molar-refractivity contribution is 7.80. The van der Waals surface area contributed by atoms with Crippen molar-refractivity contribution < 1.29 is 13.6 Å².